The third-order valence-corrected chi connectivity index (χ3v) is 2.92. The molecule has 0 aliphatic rings. The fraction of sp³-hybridized carbons (Fsp3) is 0.188. The molecule has 110 valence electrons. The highest BCUT2D eigenvalue weighted by Crippen LogP contribution is 2.32. The van der Waals surface area contributed by atoms with Crippen LogP contribution in [-0.2, 0) is 0 Å². The van der Waals surface area contributed by atoms with Gasteiger partial charge in [0, 0.05) is 22.8 Å². The van der Waals surface area contributed by atoms with E-state index in [9.17, 15) is 18.0 Å². The van der Waals surface area contributed by atoms with Crippen molar-refractivity contribution in [2.24, 2.45) is 0 Å². The van der Waals surface area contributed by atoms with Crippen LogP contribution in [0.25, 0.3) is 11.1 Å². The van der Waals surface area contributed by atoms with Crippen LogP contribution in [0.5, 0.6) is 5.75 Å². The van der Waals surface area contributed by atoms with Crippen molar-refractivity contribution < 1.29 is 22.7 Å². The highest BCUT2D eigenvalue weighted by molar-refractivity contribution is 5.88. The molecule has 2 aromatic carbocycles. The summed E-state index contributed by atoms with van der Waals surface area (Å²) in [7, 11) is 0. The minimum Gasteiger partial charge on any atom is -0.493 e. The molecule has 0 saturated carbocycles. The van der Waals surface area contributed by atoms with Crippen molar-refractivity contribution in [1.82, 2.24) is 0 Å². The van der Waals surface area contributed by atoms with Crippen LogP contribution in [0.3, 0.4) is 0 Å². The molecule has 0 aliphatic carbocycles. The minimum absolute atomic E-state index is 0.0920. The second kappa shape index (κ2) is 6.43. The third-order valence-electron chi connectivity index (χ3n) is 2.92. The van der Waals surface area contributed by atoms with E-state index in [0.717, 1.165) is 18.6 Å². The van der Waals surface area contributed by atoms with E-state index in [1.807, 2.05) is 6.92 Å². The maximum absolute atomic E-state index is 14.2. The van der Waals surface area contributed by atoms with Gasteiger partial charge in [-0.2, -0.15) is 0 Å². The van der Waals surface area contributed by atoms with Gasteiger partial charge in [0.05, 0.1) is 6.61 Å². The second-order valence-electron chi connectivity index (χ2n) is 4.44. The number of ether oxygens (including phenoxy) is 1. The van der Waals surface area contributed by atoms with E-state index in [0.29, 0.717) is 12.9 Å². The van der Waals surface area contributed by atoms with Gasteiger partial charge in [-0.3, -0.25) is 4.79 Å². The molecule has 0 atom stereocenters. The molecule has 0 aliphatic heterocycles. The normalized spacial score (nSPS) is 10.5. The molecule has 0 heterocycles. The van der Waals surface area contributed by atoms with Crippen LogP contribution in [0, 0.1) is 17.5 Å². The van der Waals surface area contributed by atoms with Gasteiger partial charge in [-0.1, -0.05) is 19.1 Å². The first-order chi connectivity index (χ1) is 10.1. The Balaban J connectivity index is 2.58. The number of benzene rings is 2. The molecule has 2 aromatic rings. The van der Waals surface area contributed by atoms with Gasteiger partial charge < -0.3 is 4.74 Å². The molecule has 0 spiro atoms. The minimum atomic E-state index is -1.19. The van der Waals surface area contributed by atoms with Gasteiger partial charge in [-0.05, 0) is 18.6 Å². The van der Waals surface area contributed by atoms with Crippen LogP contribution >= 0.6 is 0 Å². The number of carbonyl (C=O) groups is 1. The van der Waals surface area contributed by atoms with E-state index in [2.05, 4.69) is 0 Å². The number of hydrogen-bond acceptors (Lipinski definition) is 2. The van der Waals surface area contributed by atoms with E-state index < -0.39 is 17.5 Å². The van der Waals surface area contributed by atoms with E-state index in [-0.39, 0.29) is 22.4 Å². The molecule has 2 nitrogen and oxygen atoms in total. The smallest absolute Gasteiger partial charge is 0.166 e. The number of aldehydes is 1. The van der Waals surface area contributed by atoms with Crippen molar-refractivity contribution >= 4 is 6.29 Å². The number of carbonyl (C=O) groups excluding carboxylic acids is 1. The average molecular weight is 294 g/mol. The monoisotopic (exact) mass is 294 g/mol. The number of rotatable bonds is 5. The summed E-state index contributed by atoms with van der Waals surface area (Å²) >= 11 is 0. The zero-order valence-corrected chi connectivity index (χ0v) is 11.3. The Kier molecular flexibility index (Phi) is 4.62. The average Bonchev–Trinajstić information content (AvgIpc) is 2.48. The largest absolute Gasteiger partial charge is 0.493 e. The lowest BCUT2D eigenvalue weighted by Crippen LogP contribution is -2.01. The molecule has 0 aromatic heterocycles. The Morgan fingerprint density at radius 2 is 1.90 bits per heavy atom. The first kappa shape index (κ1) is 15.1. The maximum Gasteiger partial charge on any atom is 0.166 e. The van der Waals surface area contributed by atoms with Crippen LogP contribution < -0.4 is 4.74 Å². The van der Waals surface area contributed by atoms with Crippen molar-refractivity contribution in [2.75, 3.05) is 6.61 Å². The van der Waals surface area contributed by atoms with Gasteiger partial charge in [0.1, 0.15) is 11.6 Å². The summed E-state index contributed by atoms with van der Waals surface area (Å²) in [5.74, 6) is -2.95. The first-order valence-electron chi connectivity index (χ1n) is 6.44. The van der Waals surface area contributed by atoms with Crippen molar-refractivity contribution in [3.8, 4) is 16.9 Å². The predicted octanol–water partition coefficient (Wildman–Crippen LogP) is 4.37. The Labute approximate surface area is 120 Å². The van der Waals surface area contributed by atoms with Crippen molar-refractivity contribution in [3.63, 3.8) is 0 Å². The lowest BCUT2D eigenvalue weighted by atomic mass is 9.98. The van der Waals surface area contributed by atoms with E-state index >= 15 is 0 Å². The summed E-state index contributed by atoms with van der Waals surface area (Å²) in [6.45, 7) is 2.25. The zero-order valence-electron chi connectivity index (χ0n) is 11.3. The maximum atomic E-state index is 14.2. The topological polar surface area (TPSA) is 26.3 Å². The van der Waals surface area contributed by atoms with Gasteiger partial charge in [-0.25, -0.2) is 13.2 Å². The van der Waals surface area contributed by atoms with E-state index in [1.54, 1.807) is 0 Å². The van der Waals surface area contributed by atoms with Gasteiger partial charge in [-0.15, -0.1) is 0 Å². The molecule has 0 unspecified atom stereocenters. The molecule has 0 N–H and O–H groups in total. The lowest BCUT2D eigenvalue weighted by Gasteiger charge is -2.11. The second-order valence-corrected chi connectivity index (χ2v) is 4.44. The molecule has 5 heteroatoms. The van der Waals surface area contributed by atoms with E-state index in [1.165, 1.54) is 18.2 Å². The quantitative estimate of drug-likeness (QED) is 0.765. The molecule has 0 radical (unpaired) electrons. The zero-order chi connectivity index (χ0) is 15.4. The van der Waals surface area contributed by atoms with E-state index in [4.69, 9.17) is 4.74 Å². The Hall–Kier alpha value is -2.30. The summed E-state index contributed by atoms with van der Waals surface area (Å²) in [6.07, 6.45) is 1.11. The van der Waals surface area contributed by atoms with Crippen LogP contribution in [0.4, 0.5) is 13.2 Å². The third kappa shape index (κ3) is 3.07. The number of halogens is 3. The Morgan fingerprint density at radius 3 is 2.57 bits per heavy atom. The molecule has 0 saturated heterocycles. The summed E-state index contributed by atoms with van der Waals surface area (Å²) < 4.78 is 46.5. The highest BCUT2D eigenvalue weighted by Gasteiger charge is 2.18. The molecule has 21 heavy (non-hydrogen) atoms. The molecule has 0 fully saturated rings. The van der Waals surface area contributed by atoms with Crippen LogP contribution in [0.1, 0.15) is 23.7 Å². The van der Waals surface area contributed by atoms with Gasteiger partial charge in [0.2, 0.25) is 0 Å². The molecule has 0 amide bonds. The standard InChI is InChI=1S/C16H13F3O2/c1-2-6-21-11-7-10(9-20)15(14(18)8-11)12-4-3-5-13(17)16(12)19/h3-5,7-9H,2,6H2,1H3. The Morgan fingerprint density at radius 1 is 1.14 bits per heavy atom. The van der Waals surface area contributed by atoms with Crippen molar-refractivity contribution in [2.45, 2.75) is 13.3 Å². The lowest BCUT2D eigenvalue weighted by molar-refractivity contribution is 0.112. The summed E-state index contributed by atoms with van der Waals surface area (Å²) in [5.41, 5.74) is -0.659. The fourth-order valence-electron chi connectivity index (χ4n) is 1.98. The molecular weight excluding hydrogens is 281 g/mol. The molecule has 0 bridgehead atoms. The summed E-state index contributed by atoms with van der Waals surface area (Å²) in [5, 5.41) is 0. The van der Waals surface area contributed by atoms with Crippen LogP contribution in [0.2, 0.25) is 0 Å². The first-order valence-corrected chi connectivity index (χ1v) is 6.44. The fourth-order valence-corrected chi connectivity index (χ4v) is 1.98. The van der Waals surface area contributed by atoms with Crippen molar-refractivity contribution in [3.05, 3.63) is 53.3 Å². The highest BCUT2D eigenvalue weighted by atomic mass is 19.2. The van der Waals surface area contributed by atoms with Gasteiger partial charge >= 0.3 is 0 Å². The summed E-state index contributed by atoms with van der Waals surface area (Å²) in [6, 6.07) is 5.77. The van der Waals surface area contributed by atoms with Crippen LogP contribution in [0.15, 0.2) is 30.3 Å². The number of hydrogen-bond donors (Lipinski definition) is 0. The molecule has 2 rings (SSSR count). The summed E-state index contributed by atoms with van der Waals surface area (Å²) in [4.78, 5) is 11.1. The SMILES string of the molecule is CCCOc1cc(F)c(-c2cccc(F)c2F)c(C=O)c1. The molecular formula is C16H13F3O2. The van der Waals surface area contributed by atoms with Gasteiger partial charge in [0.25, 0.3) is 0 Å². The van der Waals surface area contributed by atoms with Crippen LogP contribution in [-0.4, -0.2) is 12.9 Å². The Bertz CT molecular complexity index is 669. The van der Waals surface area contributed by atoms with Crippen molar-refractivity contribution in [1.29, 1.82) is 0 Å². The predicted molar refractivity (Wildman–Crippen MR) is 72.9 cm³/mol. The van der Waals surface area contributed by atoms with Gasteiger partial charge in [0.15, 0.2) is 17.9 Å².